The first kappa shape index (κ1) is 9.78. The molecule has 0 saturated heterocycles. The number of rotatable bonds is 2. The summed E-state index contributed by atoms with van der Waals surface area (Å²) in [6, 6.07) is 1.34. The van der Waals surface area contributed by atoms with Gasteiger partial charge in [0.25, 0.3) is 0 Å². The number of hydrogen-bond acceptors (Lipinski definition) is 2. The van der Waals surface area contributed by atoms with Crippen molar-refractivity contribution in [2.24, 2.45) is 5.92 Å². The lowest BCUT2D eigenvalue weighted by Gasteiger charge is -2.33. The summed E-state index contributed by atoms with van der Waals surface area (Å²) < 4.78 is 0. The van der Waals surface area contributed by atoms with Gasteiger partial charge in [0.1, 0.15) is 0 Å². The van der Waals surface area contributed by atoms with Crippen LogP contribution in [0.25, 0.3) is 0 Å². The lowest BCUT2D eigenvalue weighted by Crippen LogP contribution is -2.38. The Hall–Kier alpha value is -0.760. The Morgan fingerprint density at radius 1 is 1.14 bits per heavy atom. The van der Waals surface area contributed by atoms with Crippen molar-refractivity contribution in [3.63, 3.8) is 0 Å². The van der Waals surface area contributed by atoms with Crippen molar-refractivity contribution < 1.29 is 0 Å². The predicted octanol–water partition coefficient (Wildman–Crippen LogP) is 1.81. The van der Waals surface area contributed by atoms with Crippen molar-refractivity contribution in [2.45, 2.75) is 37.8 Å². The summed E-state index contributed by atoms with van der Waals surface area (Å²) in [5.41, 5.74) is 0. The van der Waals surface area contributed by atoms with Crippen LogP contribution in [0.1, 0.15) is 25.7 Å². The summed E-state index contributed by atoms with van der Waals surface area (Å²) in [5.74, 6) is 0.834. The van der Waals surface area contributed by atoms with Crippen molar-refractivity contribution in [1.82, 2.24) is 10.6 Å². The van der Waals surface area contributed by atoms with Crippen LogP contribution in [-0.4, -0.2) is 19.1 Å². The molecule has 78 valence electrons. The van der Waals surface area contributed by atoms with E-state index in [1.807, 2.05) is 0 Å². The second-order valence-electron chi connectivity index (χ2n) is 4.34. The molecule has 0 aromatic heterocycles. The van der Waals surface area contributed by atoms with Gasteiger partial charge >= 0.3 is 0 Å². The molecule has 1 unspecified atom stereocenters. The van der Waals surface area contributed by atoms with Crippen molar-refractivity contribution in [3.05, 3.63) is 24.4 Å². The first-order valence-electron chi connectivity index (χ1n) is 5.67. The molecule has 0 aromatic rings. The molecule has 1 atom stereocenters. The Balaban J connectivity index is 1.83. The summed E-state index contributed by atoms with van der Waals surface area (Å²) in [7, 11) is 2.08. The average molecular weight is 192 g/mol. The van der Waals surface area contributed by atoms with Gasteiger partial charge in [0.2, 0.25) is 0 Å². The molecule has 0 aromatic carbocycles. The fourth-order valence-electron chi connectivity index (χ4n) is 2.52. The van der Waals surface area contributed by atoms with Gasteiger partial charge in [-0.25, -0.2) is 0 Å². The van der Waals surface area contributed by atoms with Gasteiger partial charge in [-0.2, -0.15) is 0 Å². The Kier molecular flexibility index (Phi) is 3.25. The van der Waals surface area contributed by atoms with E-state index >= 15 is 0 Å². The molecule has 2 rings (SSSR count). The van der Waals surface area contributed by atoms with Crippen LogP contribution < -0.4 is 10.6 Å². The SMILES string of the molecule is CNC1CCC(C2C=CC=CN2)CC1. The minimum Gasteiger partial charge on any atom is -0.384 e. The van der Waals surface area contributed by atoms with Crippen molar-refractivity contribution in [1.29, 1.82) is 0 Å². The molecule has 1 heterocycles. The molecule has 14 heavy (non-hydrogen) atoms. The van der Waals surface area contributed by atoms with Crippen molar-refractivity contribution in [3.8, 4) is 0 Å². The minimum absolute atomic E-state index is 0.581. The number of allylic oxidation sites excluding steroid dienone is 2. The van der Waals surface area contributed by atoms with Gasteiger partial charge in [0.05, 0.1) is 0 Å². The Morgan fingerprint density at radius 2 is 1.93 bits per heavy atom. The highest BCUT2D eigenvalue weighted by atomic mass is 14.9. The van der Waals surface area contributed by atoms with Crippen LogP contribution in [0.15, 0.2) is 24.4 Å². The van der Waals surface area contributed by atoms with Crippen LogP contribution in [0, 0.1) is 5.92 Å². The van der Waals surface area contributed by atoms with Crippen LogP contribution in [-0.2, 0) is 0 Å². The maximum Gasteiger partial charge on any atom is 0.0470 e. The topological polar surface area (TPSA) is 24.1 Å². The highest BCUT2D eigenvalue weighted by Gasteiger charge is 2.25. The van der Waals surface area contributed by atoms with E-state index in [9.17, 15) is 0 Å². The molecule has 2 N–H and O–H groups in total. The quantitative estimate of drug-likeness (QED) is 0.697. The van der Waals surface area contributed by atoms with Crippen molar-refractivity contribution in [2.75, 3.05) is 7.05 Å². The third-order valence-corrected chi connectivity index (χ3v) is 3.50. The van der Waals surface area contributed by atoms with E-state index in [0.717, 1.165) is 12.0 Å². The second kappa shape index (κ2) is 4.65. The van der Waals surface area contributed by atoms with Crippen LogP contribution in [0.5, 0.6) is 0 Å². The molecule has 1 fully saturated rings. The van der Waals surface area contributed by atoms with E-state index in [2.05, 4.69) is 42.1 Å². The van der Waals surface area contributed by atoms with Gasteiger partial charge < -0.3 is 10.6 Å². The Bertz CT molecular complexity index is 224. The molecule has 0 spiro atoms. The van der Waals surface area contributed by atoms with Gasteiger partial charge in [0, 0.05) is 12.1 Å². The summed E-state index contributed by atoms with van der Waals surface area (Å²) in [6.45, 7) is 0. The lowest BCUT2D eigenvalue weighted by molar-refractivity contribution is 0.271. The highest BCUT2D eigenvalue weighted by molar-refractivity contribution is 5.13. The fraction of sp³-hybridized carbons (Fsp3) is 0.667. The maximum atomic E-state index is 3.43. The molecular weight excluding hydrogens is 172 g/mol. The molecule has 0 radical (unpaired) electrons. The number of nitrogens with one attached hydrogen (secondary N) is 2. The molecule has 1 saturated carbocycles. The van der Waals surface area contributed by atoms with E-state index in [4.69, 9.17) is 0 Å². The molecule has 1 aliphatic carbocycles. The number of hydrogen-bond donors (Lipinski definition) is 2. The first-order valence-corrected chi connectivity index (χ1v) is 5.67. The third kappa shape index (κ3) is 2.18. The fourth-order valence-corrected chi connectivity index (χ4v) is 2.52. The van der Waals surface area contributed by atoms with Crippen LogP contribution in [0.2, 0.25) is 0 Å². The molecule has 1 aliphatic heterocycles. The van der Waals surface area contributed by atoms with Gasteiger partial charge in [0.15, 0.2) is 0 Å². The van der Waals surface area contributed by atoms with Crippen LogP contribution in [0.3, 0.4) is 0 Å². The average Bonchev–Trinajstić information content (AvgIpc) is 2.30. The molecular formula is C12H20N2. The number of dihydropyridines is 1. The van der Waals surface area contributed by atoms with E-state index in [1.165, 1.54) is 25.7 Å². The molecule has 2 nitrogen and oxygen atoms in total. The molecule has 0 bridgehead atoms. The third-order valence-electron chi connectivity index (χ3n) is 3.50. The first-order chi connectivity index (χ1) is 6.90. The summed E-state index contributed by atoms with van der Waals surface area (Å²) in [4.78, 5) is 0. The van der Waals surface area contributed by atoms with E-state index in [1.54, 1.807) is 0 Å². The second-order valence-corrected chi connectivity index (χ2v) is 4.34. The summed E-state index contributed by atoms with van der Waals surface area (Å²) in [6.07, 6.45) is 13.9. The van der Waals surface area contributed by atoms with E-state index in [0.29, 0.717) is 6.04 Å². The molecule has 0 amide bonds. The summed E-state index contributed by atoms with van der Waals surface area (Å²) in [5, 5.41) is 6.81. The van der Waals surface area contributed by atoms with Gasteiger partial charge in [-0.1, -0.05) is 12.2 Å². The van der Waals surface area contributed by atoms with Crippen LogP contribution >= 0.6 is 0 Å². The van der Waals surface area contributed by atoms with Gasteiger partial charge in [-0.05, 0) is 50.9 Å². The van der Waals surface area contributed by atoms with Crippen molar-refractivity contribution >= 4 is 0 Å². The zero-order valence-electron chi connectivity index (χ0n) is 8.87. The Morgan fingerprint density at radius 3 is 2.50 bits per heavy atom. The smallest absolute Gasteiger partial charge is 0.0470 e. The van der Waals surface area contributed by atoms with Crippen LogP contribution in [0.4, 0.5) is 0 Å². The largest absolute Gasteiger partial charge is 0.384 e. The molecule has 2 heteroatoms. The van der Waals surface area contributed by atoms with Gasteiger partial charge in [-0.3, -0.25) is 0 Å². The lowest BCUT2D eigenvalue weighted by atomic mass is 9.81. The Labute approximate surface area is 86.5 Å². The monoisotopic (exact) mass is 192 g/mol. The zero-order valence-corrected chi connectivity index (χ0v) is 8.87. The van der Waals surface area contributed by atoms with E-state index in [-0.39, 0.29) is 0 Å². The normalized spacial score (nSPS) is 36.8. The highest BCUT2D eigenvalue weighted by Crippen LogP contribution is 2.27. The zero-order chi connectivity index (χ0) is 9.80. The molecule has 2 aliphatic rings. The minimum atomic E-state index is 0.581. The maximum absolute atomic E-state index is 3.43. The van der Waals surface area contributed by atoms with Gasteiger partial charge in [-0.15, -0.1) is 0 Å². The predicted molar refractivity (Wildman–Crippen MR) is 60.0 cm³/mol. The summed E-state index contributed by atoms with van der Waals surface area (Å²) >= 11 is 0. The van der Waals surface area contributed by atoms with E-state index < -0.39 is 0 Å². The standard InChI is InChI=1S/C12H20N2/c1-13-11-7-5-10(6-8-11)12-4-2-3-9-14-12/h2-4,9-14H,5-8H2,1H3.